The van der Waals surface area contributed by atoms with Crippen LogP contribution in [0.5, 0.6) is 0 Å². The molecule has 0 amide bonds. The van der Waals surface area contributed by atoms with Crippen molar-refractivity contribution in [1.82, 2.24) is 9.97 Å². The van der Waals surface area contributed by atoms with E-state index in [1.54, 1.807) is 0 Å². The summed E-state index contributed by atoms with van der Waals surface area (Å²) in [5, 5.41) is 7.77. The van der Waals surface area contributed by atoms with E-state index in [4.69, 9.17) is 0 Å². The van der Waals surface area contributed by atoms with Crippen molar-refractivity contribution >= 4 is 32.3 Å². The summed E-state index contributed by atoms with van der Waals surface area (Å²) in [4.78, 5) is 8.39. The van der Waals surface area contributed by atoms with Gasteiger partial charge in [-0.1, -0.05) is 36.4 Å². The highest BCUT2D eigenvalue weighted by Crippen LogP contribution is 2.43. The number of hydrogen-bond donors (Lipinski definition) is 0. The zero-order valence-electron chi connectivity index (χ0n) is 15.1. The molecule has 0 aliphatic rings. The molecular formula is C26H16N2. The molecule has 0 spiro atoms. The maximum absolute atomic E-state index is 4.19. The molecule has 130 valence electrons. The van der Waals surface area contributed by atoms with E-state index in [1.807, 2.05) is 24.8 Å². The lowest BCUT2D eigenvalue weighted by Gasteiger charge is -2.17. The van der Waals surface area contributed by atoms with E-state index in [9.17, 15) is 0 Å². The van der Waals surface area contributed by atoms with Gasteiger partial charge in [-0.25, -0.2) is 0 Å². The molecule has 2 aromatic heterocycles. The zero-order valence-corrected chi connectivity index (χ0v) is 15.1. The van der Waals surface area contributed by atoms with Crippen molar-refractivity contribution < 1.29 is 0 Å². The number of nitrogens with zero attached hydrogens (tertiary/aromatic N) is 2. The molecule has 0 unspecified atom stereocenters. The summed E-state index contributed by atoms with van der Waals surface area (Å²) in [7, 11) is 0. The van der Waals surface area contributed by atoms with Crippen LogP contribution in [-0.4, -0.2) is 9.97 Å². The first-order chi connectivity index (χ1) is 13.9. The highest BCUT2D eigenvalue weighted by Gasteiger charge is 2.16. The van der Waals surface area contributed by atoms with Gasteiger partial charge in [0.15, 0.2) is 0 Å². The van der Waals surface area contributed by atoms with Gasteiger partial charge in [0, 0.05) is 24.8 Å². The molecule has 0 saturated heterocycles. The quantitative estimate of drug-likeness (QED) is 0.322. The molecule has 0 aliphatic carbocycles. The van der Waals surface area contributed by atoms with Gasteiger partial charge in [0.05, 0.1) is 0 Å². The van der Waals surface area contributed by atoms with Crippen molar-refractivity contribution in [2.24, 2.45) is 0 Å². The van der Waals surface area contributed by atoms with Crippen molar-refractivity contribution in [1.29, 1.82) is 0 Å². The van der Waals surface area contributed by atoms with E-state index in [0.29, 0.717) is 0 Å². The Morgan fingerprint density at radius 3 is 1.43 bits per heavy atom. The van der Waals surface area contributed by atoms with Crippen molar-refractivity contribution in [3.05, 3.63) is 97.6 Å². The molecule has 6 rings (SSSR count). The van der Waals surface area contributed by atoms with Crippen LogP contribution in [0.1, 0.15) is 0 Å². The second-order valence-electron chi connectivity index (χ2n) is 7.13. The summed E-state index contributed by atoms with van der Waals surface area (Å²) >= 11 is 0. The third-order valence-electron chi connectivity index (χ3n) is 5.61. The van der Waals surface area contributed by atoms with E-state index in [0.717, 1.165) is 0 Å². The van der Waals surface area contributed by atoms with Gasteiger partial charge < -0.3 is 0 Å². The molecule has 2 heteroatoms. The first-order valence-corrected chi connectivity index (χ1v) is 9.41. The van der Waals surface area contributed by atoms with Crippen molar-refractivity contribution in [3.63, 3.8) is 0 Å². The minimum atomic E-state index is 1.19. The normalized spacial score (nSPS) is 11.6. The first kappa shape index (κ1) is 15.3. The molecule has 0 aliphatic heterocycles. The number of benzene rings is 4. The van der Waals surface area contributed by atoms with Gasteiger partial charge in [-0.05, 0) is 91.0 Å². The molecule has 0 radical (unpaired) electrons. The predicted molar refractivity (Wildman–Crippen MR) is 117 cm³/mol. The van der Waals surface area contributed by atoms with E-state index in [2.05, 4.69) is 82.8 Å². The SMILES string of the molecule is c1cc2cc(-c3ccncc3)c3cccc4c(-c5ccncc5)cc(c1)c2c34. The molecule has 2 nitrogen and oxygen atoms in total. The summed E-state index contributed by atoms with van der Waals surface area (Å²) in [5.41, 5.74) is 4.89. The molecule has 2 heterocycles. The number of aromatic nitrogens is 2. The molecule has 0 fully saturated rings. The average molecular weight is 356 g/mol. The third kappa shape index (κ3) is 2.15. The Morgan fingerprint density at radius 1 is 0.464 bits per heavy atom. The Bertz CT molecular complexity index is 1330. The fraction of sp³-hybridized carbons (Fsp3) is 0. The minimum Gasteiger partial charge on any atom is -0.265 e. The Balaban J connectivity index is 1.84. The van der Waals surface area contributed by atoms with Gasteiger partial charge in [-0.3, -0.25) is 9.97 Å². The van der Waals surface area contributed by atoms with Gasteiger partial charge in [-0.2, -0.15) is 0 Å². The third-order valence-corrected chi connectivity index (χ3v) is 5.61. The second-order valence-corrected chi connectivity index (χ2v) is 7.13. The maximum Gasteiger partial charge on any atom is 0.0273 e. The van der Waals surface area contributed by atoms with Gasteiger partial charge in [0.1, 0.15) is 0 Å². The van der Waals surface area contributed by atoms with Crippen molar-refractivity contribution in [2.75, 3.05) is 0 Å². The van der Waals surface area contributed by atoms with Crippen molar-refractivity contribution in [3.8, 4) is 22.3 Å². The molecular weight excluding hydrogens is 340 g/mol. The maximum atomic E-state index is 4.19. The smallest absolute Gasteiger partial charge is 0.0273 e. The van der Waals surface area contributed by atoms with Crippen LogP contribution in [0.3, 0.4) is 0 Å². The van der Waals surface area contributed by atoms with Gasteiger partial charge in [0.25, 0.3) is 0 Å². The van der Waals surface area contributed by atoms with E-state index >= 15 is 0 Å². The number of pyridine rings is 2. The Labute approximate surface area is 162 Å². The van der Waals surface area contributed by atoms with Crippen LogP contribution < -0.4 is 0 Å². The van der Waals surface area contributed by atoms with E-state index in [-0.39, 0.29) is 0 Å². The van der Waals surface area contributed by atoms with Crippen LogP contribution in [0.25, 0.3) is 54.6 Å². The van der Waals surface area contributed by atoms with Gasteiger partial charge in [-0.15, -0.1) is 0 Å². The summed E-state index contributed by atoms with van der Waals surface area (Å²) < 4.78 is 0. The summed E-state index contributed by atoms with van der Waals surface area (Å²) in [6.07, 6.45) is 7.44. The Morgan fingerprint density at radius 2 is 0.929 bits per heavy atom. The lowest BCUT2D eigenvalue weighted by molar-refractivity contribution is 1.33. The molecule has 28 heavy (non-hydrogen) atoms. The first-order valence-electron chi connectivity index (χ1n) is 9.41. The number of hydrogen-bond acceptors (Lipinski definition) is 2. The molecule has 0 atom stereocenters. The largest absolute Gasteiger partial charge is 0.265 e. The summed E-state index contributed by atoms with van der Waals surface area (Å²) in [6.45, 7) is 0. The highest BCUT2D eigenvalue weighted by atomic mass is 14.6. The van der Waals surface area contributed by atoms with Crippen LogP contribution in [0.4, 0.5) is 0 Å². The van der Waals surface area contributed by atoms with Crippen LogP contribution >= 0.6 is 0 Å². The van der Waals surface area contributed by atoms with Gasteiger partial charge >= 0.3 is 0 Å². The lowest BCUT2D eigenvalue weighted by atomic mass is 9.86. The Hall–Kier alpha value is -3.78. The highest BCUT2D eigenvalue weighted by molar-refractivity contribution is 6.29. The average Bonchev–Trinajstić information content (AvgIpc) is 2.78. The standard InChI is InChI=1S/C26H16N2/c1-3-19-15-23(17-7-11-27-12-8-17)21-5-2-6-22-24(18-9-13-28-14-10-18)16-20(4-1)25(19)26(21)22/h1-16H. The van der Waals surface area contributed by atoms with Crippen LogP contribution in [-0.2, 0) is 0 Å². The fourth-order valence-corrected chi connectivity index (χ4v) is 4.40. The van der Waals surface area contributed by atoms with Crippen LogP contribution in [0.2, 0.25) is 0 Å². The lowest BCUT2D eigenvalue weighted by Crippen LogP contribution is -1.90. The monoisotopic (exact) mass is 356 g/mol. The summed E-state index contributed by atoms with van der Waals surface area (Å²) in [5.74, 6) is 0. The van der Waals surface area contributed by atoms with Crippen LogP contribution in [0, 0.1) is 0 Å². The molecule has 0 saturated carbocycles. The molecule has 6 aromatic rings. The van der Waals surface area contributed by atoms with E-state index in [1.165, 1.54) is 54.6 Å². The fourth-order valence-electron chi connectivity index (χ4n) is 4.40. The topological polar surface area (TPSA) is 25.8 Å². The van der Waals surface area contributed by atoms with E-state index < -0.39 is 0 Å². The minimum absolute atomic E-state index is 1.19. The molecule has 0 bridgehead atoms. The predicted octanol–water partition coefficient (Wildman–Crippen LogP) is 6.71. The zero-order chi connectivity index (χ0) is 18.5. The molecule has 0 N–H and O–H groups in total. The summed E-state index contributed by atoms with van der Waals surface area (Å²) in [6, 6.07) is 26.2. The van der Waals surface area contributed by atoms with Crippen molar-refractivity contribution in [2.45, 2.75) is 0 Å². The Kier molecular flexibility index (Phi) is 3.20. The van der Waals surface area contributed by atoms with Crippen LogP contribution in [0.15, 0.2) is 97.6 Å². The second kappa shape index (κ2) is 5.86. The number of rotatable bonds is 2. The van der Waals surface area contributed by atoms with Gasteiger partial charge in [0.2, 0.25) is 0 Å². The molecule has 4 aromatic carbocycles.